The van der Waals surface area contributed by atoms with Crippen molar-refractivity contribution in [1.82, 2.24) is 24.7 Å². The zero-order valence-electron chi connectivity index (χ0n) is 21.3. The third kappa shape index (κ3) is 4.44. The maximum absolute atomic E-state index is 15.5. The van der Waals surface area contributed by atoms with Crippen molar-refractivity contribution in [1.29, 1.82) is 0 Å². The molecule has 0 atom stereocenters. The molecule has 6 rings (SSSR count). The highest BCUT2D eigenvalue weighted by Crippen LogP contribution is 2.51. The molecule has 8 nitrogen and oxygen atoms in total. The van der Waals surface area contributed by atoms with E-state index in [2.05, 4.69) is 20.1 Å². The molecule has 0 amide bonds. The normalized spacial score (nSPS) is 11.3. The molecule has 2 aromatic carbocycles. The smallest absolute Gasteiger partial charge is 0.322 e. The summed E-state index contributed by atoms with van der Waals surface area (Å²) in [6.45, 7) is 3.77. The van der Waals surface area contributed by atoms with E-state index in [4.69, 9.17) is 10.5 Å². The van der Waals surface area contributed by atoms with Gasteiger partial charge in [0.25, 0.3) is 0 Å². The Morgan fingerprint density at radius 2 is 1.85 bits per heavy atom. The van der Waals surface area contributed by atoms with Crippen LogP contribution in [0.2, 0.25) is 0 Å². The van der Waals surface area contributed by atoms with Crippen LogP contribution >= 0.6 is 11.3 Å². The van der Waals surface area contributed by atoms with E-state index in [-0.39, 0.29) is 17.6 Å². The van der Waals surface area contributed by atoms with Gasteiger partial charge in [-0.1, -0.05) is 12.1 Å². The summed E-state index contributed by atoms with van der Waals surface area (Å²) < 4.78 is 23.6. The highest BCUT2D eigenvalue weighted by Gasteiger charge is 2.24. The van der Waals surface area contributed by atoms with E-state index in [0.717, 1.165) is 31.8 Å². The summed E-state index contributed by atoms with van der Waals surface area (Å²) in [5.74, 6) is -0.738. The minimum atomic E-state index is -0.590. The molecule has 4 aromatic heterocycles. The first kappa shape index (κ1) is 24.5. The number of benzene rings is 2. The van der Waals surface area contributed by atoms with Crippen LogP contribution in [0.15, 0.2) is 67.3 Å². The Morgan fingerprint density at radius 1 is 1.00 bits per heavy atom. The van der Waals surface area contributed by atoms with Crippen LogP contribution in [0.3, 0.4) is 0 Å². The Balaban J connectivity index is 1.58. The topological polar surface area (TPSA) is 112 Å². The summed E-state index contributed by atoms with van der Waals surface area (Å²) in [6, 6.07) is 12.1. The molecule has 0 aliphatic carbocycles. The fraction of sp³-hybridized carbons (Fsp3) is 0.103. The van der Waals surface area contributed by atoms with E-state index >= 15 is 4.39 Å². The Labute approximate surface area is 227 Å². The van der Waals surface area contributed by atoms with Crippen molar-refractivity contribution < 1.29 is 14.2 Å². The molecule has 0 fully saturated rings. The first-order valence-electron chi connectivity index (χ1n) is 12.1. The second-order valence-electron chi connectivity index (χ2n) is 9.21. The molecule has 0 unspecified atom stereocenters. The molecule has 0 aliphatic heterocycles. The van der Waals surface area contributed by atoms with Crippen LogP contribution in [0.5, 0.6) is 17.6 Å². The summed E-state index contributed by atoms with van der Waals surface area (Å²) in [5.41, 5.74) is 12.2. The Hall–Kier alpha value is -4.83. The van der Waals surface area contributed by atoms with Crippen LogP contribution in [-0.2, 0) is 7.05 Å². The number of rotatable bonds is 5. The average Bonchev–Trinajstić information content (AvgIpc) is 3.50. The number of aryl methyl sites for hydroxylation is 3. The molecule has 6 aromatic rings. The lowest BCUT2D eigenvalue weighted by atomic mass is 9.96. The van der Waals surface area contributed by atoms with Crippen molar-refractivity contribution >= 4 is 27.1 Å². The van der Waals surface area contributed by atoms with Crippen molar-refractivity contribution in [3.8, 4) is 50.3 Å². The number of hydrogen-bond acceptors (Lipinski definition) is 8. The van der Waals surface area contributed by atoms with Gasteiger partial charge in [0.2, 0.25) is 5.88 Å². The number of pyridine rings is 1. The molecular weight excluding hydrogens is 515 g/mol. The number of nitrogens with zero attached hydrogens (tertiary/aromatic N) is 5. The molecule has 0 saturated carbocycles. The van der Waals surface area contributed by atoms with E-state index in [1.807, 2.05) is 38.4 Å². The van der Waals surface area contributed by atoms with Gasteiger partial charge in [0.1, 0.15) is 0 Å². The second kappa shape index (κ2) is 9.48. The van der Waals surface area contributed by atoms with Gasteiger partial charge in [-0.3, -0.25) is 4.68 Å². The van der Waals surface area contributed by atoms with Crippen LogP contribution in [0, 0.1) is 19.7 Å². The SMILES string of the molecule is Cc1ccnc(Oc2ccc(-c3c(-c4ccc(N)cc4C)sc4c(-c5cnn(C)c5)cnc(O)c34)cc2F)n1. The Kier molecular flexibility index (Phi) is 5.96. The van der Waals surface area contributed by atoms with Crippen molar-refractivity contribution in [2.75, 3.05) is 5.73 Å². The molecule has 0 spiro atoms. The first-order valence-corrected chi connectivity index (χ1v) is 12.9. The maximum atomic E-state index is 15.5. The van der Waals surface area contributed by atoms with Crippen LogP contribution in [0.1, 0.15) is 11.3 Å². The number of aromatic hydroxyl groups is 1. The van der Waals surface area contributed by atoms with E-state index < -0.39 is 5.82 Å². The lowest BCUT2D eigenvalue weighted by Gasteiger charge is -2.11. The Bertz CT molecular complexity index is 1880. The third-order valence-corrected chi connectivity index (χ3v) is 7.65. The van der Waals surface area contributed by atoms with Crippen molar-refractivity contribution in [2.45, 2.75) is 13.8 Å². The number of nitrogen functional groups attached to an aromatic ring is 1. The molecule has 0 aliphatic rings. The fourth-order valence-corrected chi connectivity index (χ4v) is 6.01. The highest BCUT2D eigenvalue weighted by atomic mass is 32.1. The first-order chi connectivity index (χ1) is 18.8. The van der Waals surface area contributed by atoms with Crippen LogP contribution in [-0.4, -0.2) is 29.8 Å². The minimum absolute atomic E-state index is 0.00695. The van der Waals surface area contributed by atoms with Gasteiger partial charge >= 0.3 is 6.01 Å². The van der Waals surface area contributed by atoms with Crippen molar-refractivity contribution in [3.63, 3.8) is 0 Å². The highest BCUT2D eigenvalue weighted by molar-refractivity contribution is 7.23. The number of halogens is 1. The van der Waals surface area contributed by atoms with Gasteiger partial charge in [0.05, 0.1) is 16.3 Å². The van der Waals surface area contributed by atoms with Crippen LogP contribution < -0.4 is 10.5 Å². The molecule has 194 valence electrons. The molecule has 0 radical (unpaired) electrons. The molecule has 3 N–H and O–H groups in total. The number of fused-ring (bicyclic) bond motifs is 1. The number of nitrogens with two attached hydrogens (primary N) is 1. The van der Waals surface area contributed by atoms with Crippen LogP contribution in [0.25, 0.3) is 42.8 Å². The summed E-state index contributed by atoms with van der Waals surface area (Å²) >= 11 is 1.50. The van der Waals surface area contributed by atoms with Gasteiger partial charge in [-0.25, -0.2) is 19.3 Å². The standard InChI is InChI=1S/C29H23FN6O2S/c1-15-10-19(31)5-6-20(15)26-24(17-4-7-23(22(30)11-17)38-29-32-9-8-16(2)35-29)25-27(39-26)21(13-33-28(25)37)18-12-34-36(3)14-18/h4-14H,31H2,1-3H3,(H,33,37). The molecule has 10 heteroatoms. The van der Waals surface area contributed by atoms with Gasteiger partial charge in [-0.2, -0.15) is 5.10 Å². The van der Waals surface area contributed by atoms with Crippen molar-refractivity contribution in [2.24, 2.45) is 7.05 Å². The van der Waals surface area contributed by atoms with Crippen molar-refractivity contribution in [3.05, 3.63) is 84.3 Å². The summed E-state index contributed by atoms with van der Waals surface area (Å²) in [7, 11) is 1.84. The molecular formula is C29H23FN6O2S. The van der Waals surface area contributed by atoms with E-state index in [1.54, 1.807) is 42.3 Å². The monoisotopic (exact) mass is 538 g/mol. The third-order valence-electron chi connectivity index (χ3n) is 6.40. The number of hydrogen-bond donors (Lipinski definition) is 2. The Morgan fingerprint density at radius 3 is 2.56 bits per heavy atom. The van der Waals surface area contributed by atoms with E-state index in [9.17, 15) is 5.11 Å². The predicted molar refractivity (Wildman–Crippen MR) is 150 cm³/mol. The zero-order chi connectivity index (χ0) is 27.3. The lowest BCUT2D eigenvalue weighted by Crippen LogP contribution is -1.95. The number of ether oxygens (including phenoxy) is 1. The summed E-state index contributed by atoms with van der Waals surface area (Å²) in [6.07, 6.45) is 6.83. The summed E-state index contributed by atoms with van der Waals surface area (Å²) in [4.78, 5) is 13.4. The lowest BCUT2D eigenvalue weighted by molar-refractivity contribution is 0.410. The zero-order valence-corrected chi connectivity index (χ0v) is 22.1. The second-order valence-corrected chi connectivity index (χ2v) is 10.2. The molecule has 39 heavy (non-hydrogen) atoms. The average molecular weight is 539 g/mol. The van der Waals surface area contributed by atoms with E-state index in [0.29, 0.717) is 27.9 Å². The van der Waals surface area contributed by atoms with Gasteiger partial charge in [-0.05, 0) is 60.9 Å². The minimum Gasteiger partial charge on any atom is -0.493 e. The maximum Gasteiger partial charge on any atom is 0.322 e. The number of aromatic nitrogens is 5. The quantitative estimate of drug-likeness (QED) is 0.236. The van der Waals surface area contributed by atoms with Gasteiger partial charge < -0.3 is 15.6 Å². The summed E-state index contributed by atoms with van der Waals surface area (Å²) in [5, 5.41) is 15.9. The largest absolute Gasteiger partial charge is 0.493 e. The molecule has 0 saturated heterocycles. The predicted octanol–water partition coefficient (Wildman–Crippen LogP) is 6.66. The molecule has 0 bridgehead atoms. The number of anilines is 1. The van der Waals surface area contributed by atoms with Gasteiger partial charge in [0, 0.05) is 58.6 Å². The van der Waals surface area contributed by atoms with Gasteiger partial charge in [0.15, 0.2) is 11.6 Å². The van der Waals surface area contributed by atoms with Crippen LogP contribution in [0.4, 0.5) is 10.1 Å². The molecule has 4 heterocycles. The fourth-order valence-electron chi connectivity index (χ4n) is 4.57. The van der Waals surface area contributed by atoms with Gasteiger partial charge in [-0.15, -0.1) is 11.3 Å². The van der Waals surface area contributed by atoms with E-state index in [1.165, 1.54) is 23.5 Å². The number of thiophene rings is 1.